The molecule has 3 aromatic heterocycles. The number of imidazole rings is 1. The van der Waals surface area contributed by atoms with Crippen LogP contribution in [0.2, 0.25) is 5.02 Å². The van der Waals surface area contributed by atoms with E-state index in [1.54, 1.807) is 10.7 Å². The van der Waals surface area contributed by atoms with Gasteiger partial charge in [-0.15, -0.1) is 0 Å². The third-order valence-corrected chi connectivity index (χ3v) is 4.46. The molecular weight excluding hydrogens is 338 g/mol. The fourth-order valence-corrected chi connectivity index (χ4v) is 3.11. The molecule has 0 aliphatic rings. The molecule has 0 aliphatic heterocycles. The Morgan fingerprint density at radius 2 is 1.92 bits per heavy atom. The minimum atomic E-state index is -0.260. The van der Waals surface area contributed by atoms with E-state index in [1.165, 1.54) is 0 Å². The van der Waals surface area contributed by atoms with Gasteiger partial charge in [0.25, 0.3) is 5.91 Å². The van der Waals surface area contributed by atoms with E-state index in [9.17, 15) is 4.79 Å². The summed E-state index contributed by atoms with van der Waals surface area (Å²) in [6.07, 6.45) is 4.38. The predicted octanol–water partition coefficient (Wildman–Crippen LogP) is 3.16. The van der Waals surface area contributed by atoms with Crippen molar-refractivity contribution in [2.45, 2.75) is 13.0 Å². The summed E-state index contributed by atoms with van der Waals surface area (Å²) < 4.78 is 3.69. The van der Waals surface area contributed by atoms with Crippen molar-refractivity contribution >= 4 is 34.1 Å². The van der Waals surface area contributed by atoms with E-state index in [0.29, 0.717) is 11.6 Å². The summed E-state index contributed by atoms with van der Waals surface area (Å²) in [7, 11) is 0. The second-order valence-corrected chi connectivity index (χ2v) is 6.11. The average Bonchev–Trinajstić information content (AvgIpc) is 3.20. The number of hydrogen-bond donors (Lipinski definition) is 1. The molecular formula is C18H16ClN5O. The third-order valence-electron chi connectivity index (χ3n) is 4.08. The van der Waals surface area contributed by atoms with Gasteiger partial charge in [-0.2, -0.15) is 5.10 Å². The van der Waals surface area contributed by atoms with E-state index in [4.69, 9.17) is 11.6 Å². The molecule has 6 nitrogen and oxygen atoms in total. The minimum absolute atomic E-state index is 0.251. The molecule has 0 atom stereocenters. The Labute approximate surface area is 149 Å². The van der Waals surface area contributed by atoms with Crippen LogP contribution < -0.4 is 5.32 Å². The first-order valence-electron chi connectivity index (χ1n) is 8.05. The van der Waals surface area contributed by atoms with Crippen molar-refractivity contribution in [3.05, 3.63) is 65.7 Å². The van der Waals surface area contributed by atoms with Gasteiger partial charge in [0.2, 0.25) is 0 Å². The van der Waals surface area contributed by atoms with Gasteiger partial charge in [0.15, 0.2) is 5.69 Å². The highest BCUT2D eigenvalue weighted by atomic mass is 35.5. The zero-order valence-electron chi connectivity index (χ0n) is 13.4. The van der Waals surface area contributed by atoms with Crippen molar-refractivity contribution in [2.75, 3.05) is 6.54 Å². The molecule has 0 bridgehead atoms. The van der Waals surface area contributed by atoms with Gasteiger partial charge in [0.1, 0.15) is 0 Å². The molecule has 1 aromatic carbocycles. The summed E-state index contributed by atoms with van der Waals surface area (Å²) in [6.45, 7) is 1.31. The van der Waals surface area contributed by atoms with Crippen molar-refractivity contribution in [3.63, 3.8) is 0 Å². The van der Waals surface area contributed by atoms with E-state index in [2.05, 4.69) is 20.0 Å². The van der Waals surface area contributed by atoms with E-state index in [0.717, 1.165) is 29.5 Å². The van der Waals surface area contributed by atoms with Crippen LogP contribution >= 0.6 is 11.6 Å². The maximum Gasteiger partial charge on any atom is 0.273 e. The lowest BCUT2D eigenvalue weighted by Crippen LogP contribution is -2.26. The Bertz CT molecular complexity index is 1050. The lowest BCUT2D eigenvalue weighted by atomic mass is 10.3. The number of aromatic nitrogens is 4. The van der Waals surface area contributed by atoms with Gasteiger partial charge in [-0.25, -0.2) is 9.50 Å². The molecule has 4 aromatic rings. The van der Waals surface area contributed by atoms with Crippen molar-refractivity contribution in [3.8, 4) is 0 Å². The summed E-state index contributed by atoms with van der Waals surface area (Å²) >= 11 is 6.25. The largest absolute Gasteiger partial charge is 0.351 e. The third kappa shape index (κ3) is 2.96. The molecule has 7 heteroatoms. The number of halogens is 1. The Hall–Kier alpha value is -2.86. The number of para-hydroxylation sites is 2. The molecule has 0 saturated carbocycles. The van der Waals surface area contributed by atoms with Crippen LogP contribution in [0, 0.1) is 0 Å². The van der Waals surface area contributed by atoms with Gasteiger partial charge in [-0.05, 0) is 30.7 Å². The molecule has 126 valence electrons. The molecule has 0 fully saturated rings. The Morgan fingerprint density at radius 1 is 1.12 bits per heavy atom. The monoisotopic (exact) mass is 353 g/mol. The fraction of sp³-hybridized carbons (Fsp3) is 0.167. The first kappa shape index (κ1) is 15.7. The van der Waals surface area contributed by atoms with Gasteiger partial charge in [-0.3, -0.25) is 4.79 Å². The number of nitrogens with one attached hydrogen (secondary N) is 1. The molecule has 1 amide bonds. The number of fused-ring (bicyclic) bond motifs is 2. The molecule has 3 heterocycles. The smallest absolute Gasteiger partial charge is 0.273 e. The molecule has 0 spiro atoms. The van der Waals surface area contributed by atoms with Crippen LogP contribution in [-0.4, -0.2) is 31.6 Å². The number of hydrogen-bond acceptors (Lipinski definition) is 3. The van der Waals surface area contributed by atoms with E-state index in [1.807, 2.05) is 48.8 Å². The Kier molecular flexibility index (Phi) is 4.11. The van der Waals surface area contributed by atoms with Gasteiger partial charge < -0.3 is 9.88 Å². The molecule has 0 radical (unpaired) electrons. The van der Waals surface area contributed by atoms with Crippen LogP contribution in [0.3, 0.4) is 0 Å². The van der Waals surface area contributed by atoms with Crippen molar-refractivity contribution in [1.29, 1.82) is 0 Å². The lowest BCUT2D eigenvalue weighted by Gasteiger charge is -2.05. The lowest BCUT2D eigenvalue weighted by molar-refractivity contribution is 0.0947. The van der Waals surface area contributed by atoms with E-state index >= 15 is 0 Å². The topological polar surface area (TPSA) is 64.2 Å². The van der Waals surface area contributed by atoms with Crippen molar-refractivity contribution < 1.29 is 4.79 Å². The number of carbonyl (C=O) groups is 1. The number of pyridine rings is 1. The maximum absolute atomic E-state index is 12.3. The first-order chi connectivity index (χ1) is 12.2. The van der Waals surface area contributed by atoms with Gasteiger partial charge in [0, 0.05) is 19.3 Å². The Morgan fingerprint density at radius 3 is 2.80 bits per heavy atom. The first-order valence-corrected chi connectivity index (χ1v) is 8.43. The molecule has 0 unspecified atom stereocenters. The number of nitrogens with zero attached hydrogens (tertiary/aromatic N) is 4. The average molecular weight is 354 g/mol. The summed E-state index contributed by atoms with van der Waals surface area (Å²) in [5.74, 6) is -0.260. The number of aryl methyl sites for hydroxylation is 1. The van der Waals surface area contributed by atoms with Crippen LogP contribution in [-0.2, 0) is 6.54 Å². The van der Waals surface area contributed by atoms with Gasteiger partial charge in [0.05, 0.1) is 27.9 Å². The summed E-state index contributed by atoms with van der Waals surface area (Å²) in [5, 5.41) is 7.49. The highest BCUT2D eigenvalue weighted by Gasteiger charge is 2.17. The maximum atomic E-state index is 12.3. The van der Waals surface area contributed by atoms with Gasteiger partial charge in [-0.1, -0.05) is 29.8 Å². The predicted molar refractivity (Wildman–Crippen MR) is 96.9 cm³/mol. The fourth-order valence-electron chi connectivity index (χ4n) is 2.84. The Balaban J connectivity index is 1.38. The molecule has 1 N–H and O–H groups in total. The highest BCUT2D eigenvalue weighted by Crippen LogP contribution is 2.21. The normalized spacial score (nSPS) is 11.2. The van der Waals surface area contributed by atoms with E-state index in [-0.39, 0.29) is 11.6 Å². The van der Waals surface area contributed by atoms with Crippen LogP contribution in [0.15, 0.2) is 55.0 Å². The molecule has 0 aliphatic carbocycles. The second-order valence-electron chi connectivity index (χ2n) is 5.73. The molecule has 4 rings (SSSR count). The molecule has 25 heavy (non-hydrogen) atoms. The van der Waals surface area contributed by atoms with Crippen molar-refractivity contribution in [1.82, 2.24) is 24.5 Å². The summed E-state index contributed by atoms with van der Waals surface area (Å²) in [5.41, 5.74) is 3.04. The van der Waals surface area contributed by atoms with Crippen LogP contribution in [0.1, 0.15) is 16.9 Å². The van der Waals surface area contributed by atoms with E-state index < -0.39 is 0 Å². The second kappa shape index (κ2) is 6.57. The zero-order chi connectivity index (χ0) is 17.2. The van der Waals surface area contributed by atoms with Crippen molar-refractivity contribution in [2.24, 2.45) is 0 Å². The highest BCUT2D eigenvalue weighted by molar-refractivity contribution is 6.36. The number of rotatable bonds is 5. The standard InChI is InChI=1S/C18H16ClN5O/c19-16-15-8-3-4-11-24(15)22-17(16)18(25)20-9-5-10-23-12-21-13-6-1-2-7-14(13)23/h1-4,6-8,11-12H,5,9-10H2,(H,20,25). The van der Waals surface area contributed by atoms with Crippen LogP contribution in [0.5, 0.6) is 0 Å². The number of benzene rings is 1. The number of amides is 1. The van der Waals surface area contributed by atoms with Gasteiger partial charge >= 0.3 is 0 Å². The quantitative estimate of drug-likeness (QED) is 0.560. The van der Waals surface area contributed by atoms with Crippen LogP contribution in [0.4, 0.5) is 0 Å². The summed E-state index contributed by atoms with van der Waals surface area (Å²) in [6, 6.07) is 13.5. The zero-order valence-corrected chi connectivity index (χ0v) is 14.1. The van der Waals surface area contributed by atoms with Crippen LogP contribution in [0.25, 0.3) is 16.6 Å². The SMILES string of the molecule is O=C(NCCCn1cnc2ccccc21)c1nn2ccccc2c1Cl. The number of carbonyl (C=O) groups excluding carboxylic acids is 1. The molecule has 0 saturated heterocycles. The minimum Gasteiger partial charge on any atom is -0.351 e. The summed E-state index contributed by atoms with van der Waals surface area (Å²) in [4.78, 5) is 16.7.